The number of ether oxygens (including phenoxy) is 1. The summed E-state index contributed by atoms with van der Waals surface area (Å²) < 4.78 is 5.06. The molecule has 0 unspecified atom stereocenters. The van der Waals surface area contributed by atoms with Crippen LogP contribution in [0.15, 0.2) is 46.2 Å². The highest BCUT2D eigenvalue weighted by Gasteiger charge is 2.25. The Morgan fingerprint density at radius 3 is 2.76 bits per heavy atom. The van der Waals surface area contributed by atoms with Crippen LogP contribution in [0.4, 0.5) is 0 Å². The van der Waals surface area contributed by atoms with E-state index in [1.54, 1.807) is 18.2 Å². The van der Waals surface area contributed by atoms with Gasteiger partial charge in [-0.3, -0.25) is 4.79 Å². The maximum atomic E-state index is 12.3. The molecular formula is C16H11ClO3S. The van der Waals surface area contributed by atoms with Crippen LogP contribution in [-0.2, 0) is 0 Å². The number of carbonyl (C=O) groups excluding carboxylic acids is 1. The summed E-state index contributed by atoms with van der Waals surface area (Å²) in [4.78, 5) is 13.9. The summed E-state index contributed by atoms with van der Waals surface area (Å²) in [6.45, 7) is 0. The van der Waals surface area contributed by atoms with Crippen LogP contribution in [0.2, 0.25) is 5.02 Å². The lowest BCUT2D eigenvalue weighted by Gasteiger charge is -2.06. The first-order valence-electron chi connectivity index (χ1n) is 6.20. The first-order chi connectivity index (χ1) is 10.1. The van der Waals surface area contributed by atoms with Crippen LogP contribution in [0.25, 0.3) is 6.08 Å². The average molecular weight is 319 g/mol. The second-order valence-corrected chi connectivity index (χ2v) is 5.98. The molecule has 21 heavy (non-hydrogen) atoms. The van der Waals surface area contributed by atoms with Gasteiger partial charge in [-0.25, -0.2) is 0 Å². The SMILES string of the molecule is COc1cc(C=C2Sc3ccccc3C2=O)cc(Cl)c1O. The largest absolute Gasteiger partial charge is 0.503 e. The van der Waals surface area contributed by atoms with Crippen molar-refractivity contribution in [2.45, 2.75) is 4.90 Å². The Morgan fingerprint density at radius 1 is 1.29 bits per heavy atom. The second-order valence-electron chi connectivity index (χ2n) is 4.49. The predicted octanol–water partition coefficient (Wildman–Crippen LogP) is 4.38. The van der Waals surface area contributed by atoms with Crippen LogP contribution in [0.3, 0.4) is 0 Å². The van der Waals surface area contributed by atoms with E-state index in [2.05, 4.69) is 0 Å². The van der Waals surface area contributed by atoms with Gasteiger partial charge in [-0.05, 0) is 35.9 Å². The van der Waals surface area contributed by atoms with Crippen molar-refractivity contribution in [3.8, 4) is 11.5 Å². The highest BCUT2D eigenvalue weighted by molar-refractivity contribution is 8.04. The van der Waals surface area contributed by atoms with Gasteiger partial charge in [0.15, 0.2) is 11.5 Å². The van der Waals surface area contributed by atoms with E-state index in [0.29, 0.717) is 16.0 Å². The zero-order valence-electron chi connectivity index (χ0n) is 11.1. The van der Waals surface area contributed by atoms with E-state index in [4.69, 9.17) is 16.3 Å². The molecule has 1 aliphatic heterocycles. The zero-order valence-corrected chi connectivity index (χ0v) is 12.7. The van der Waals surface area contributed by atoms with Gasteiger partial charge < -0.3 is 9.84 Å². The molecule has 0 spiro atoms. The minimum atomic E-state index is -0.102. The smallest absolute Gasteiger partial charge is 0.200 e. The number of ketones is 1. The molecule has 106 valence electrons. The monoisotopic (exact) mass is 318 g/mol. The standard InChI is InChI=1S/C16H11ClO3S/c1-20-12-7-9(6-11(17)16(12)19)8-14-15(18)10-4-2-3-5-13(10)21-14/h2-8,19H,1H3. The normalized spacial score (nSPS) is 15.3. The van der Waals surface area contributed by atoms with Crippen molar-refractivity contribution in [2.75, 3.05) is 7.11 Å². The molecule has 5 heteroatoms. The zero-order chi connectivity index (χ0) is 15.0. The number of fused-ring (bicyclic) bond motifs is 1. The fraction of sp³-hybridized carbons (Fsp3) is 0.0625. The number of phenols is 1. The number of hydrogen-bond acceptors (Lipinski definition) is 4. The fourth-order valence-electron chi connectivity index (χ4n) is 2.12. The van der Waals surface area contributed by atoms with Crippen molar-refractivity contribution >= 4 is 35.2 Å². The quantitative estimate of drug-likeness (QED) is 0.834. The number of Topliss-reactive ketones (excluding diaryl/α,β-unsaturated/α-hetero) is 1. The molecule has 3 nitrogen and oxygen atoms in total. The van der Waals surface area contributed by atoms with Gasteiger partial charge in [0.2, 0.25) is 5.78 Å². The van der Waals surface area contributed by atoms with Gasteiger partial charge in [-0.2, -0.15) is 0 Å². The van der Waals surface area contributed by atoms with E-state index in [-0.39, 0.29) is 22.3 Å². The molecule has 0 bridgehead atoms. The molecular weight excluding hydrogens is 308 g/mol. The molecule has 1 N–H and O–H groups in total. The number of thioether (sulfide) groups is 1. The van der Waals surface area contributed by atoms with E-state index >= 15 is 0 Å². The minimum absolute atomic E-state index is 0.00114. The van der Waals surface area contributed by atoms with E-state index in [9.17, 15) is 9.90 Å². The third-order valence-corrected chi connectivity index (χ3v) is 4.53. The van der Waals surface area contributed by atoms with E-state index < -0.39 is 0 Å². The van der Waals surface area contributed by atoms with Crippen molar-refractivity contribution < 1.29 is 14.6 Å². The van der Waals surface area contributed by atoms with Crippen LogP contribution in [0, 0.1) is 0 Å². The lowest BCUT2D eigenvalue weighted by molar-refractivity contribution is 0.104. The molecule has 0 fully saturated rings. The van der Waals surface area contributed by atoms with Crippen molar-refractivity contribution in [3.63, 3.8) is 0 Å². The number of hydrogen-bond donors (Lipinski definition) is 1. The fourth-order valence-corrected chi connectivity index (χ4v) is 3.39. The van der Waals surface area contributed by atoms with Crippen LogP contribution < -0.4 is 4.74 Å². The van der Waals surface area contributed by atoms with Gasteiger partial charge in [-0.15, -0.1) is 0 Å². The van der Waals surface area contributed by atoms with Crippen LogP contribution in [0.5, 0.6) is 11.5 Å². The van der Waals surface area contributed by atoms with Crippen LogP contribution in [-0.4, -0.2) is 18.0 Å². The molecule has 0 aromatic heterocycles. The molecule has 2 aromatic carbocycles. The third kappa shape index (κ3) is 2.52. The first kappa shape index (κ1) is 14.0. The van der Waals surface area contributed by atoms with Gasteiger partial charge in [0.05, 0.1) is 17.0 Å². The number of methoxy groups -OCH3 is 1. The molecule has 0 atom stereocenters. The summed E-state index contributed by atoms with van der Waals surface area (Å²) in [5, 5.41) is 9.92. The summed E-state index contributed by atoms with van der Waals surface area (Å²) in [5.74, 6) is 0.177. The highest BCUT2D eigenvalue weighted by Crippen LogP contribution is 2.42. The number of halogens is 1. The maximum absolute atomic E-state index is 12.3. The molecule has 1 aliphatic rings. The molecule has 3 rings (SSSR count). The van der Waals surface area contributed by atoms with E-state index in [1.807, 2.05) is 24.3 Å². The number of aromatic hydroxyl groups is 1. The Morgan fingerprint density at radius 2 is 2.05 bits per heavy atom. The molecule has 0 saturated carbocycles. The summed E-state index contributed by atoms with van der Waals surface area (Å²) in [6.07, 6.45) is 1.75. The minimum Gasteiger partial charge on any atom is -0.503 e. The van der Waals surface area contributed by atoms with Crippen molar-refractivity contribution in [1.29, 1.82) is 0 Å². The van der Waals surface area contributed by atoms with Gasteiger partial charge in [-0.1, -0.05) is 35.5 Å². The molecule has 1 heterocycles. The predicted molar refractivity (Wildman–Crippen MR) is 84.3 cm³/mol. The lowest BCUT2D eigenvalue weighted by Crippen LogP contribution is -1.93. The Bertz CT molecular complexity index is 768. The second kappa shape index (κ2) is 5.47. The first-order valence-corrected chi connectivity index (χ1v) is 7.39. The summed E-state index contributed by atoms with van der Waals surface area (Å²) in [7, 11) is 1.45. The molecule has 0 radical (unpaired) electrons. The van der Waals surface area contributed by atoms with Gasteiger partial charge in [0.1, 0.15) is 0 Å². The molecule has 2 aromatic rings. The Kier molecular flexibility index (Phi) is 3.66. The van der Waals surface area contributed by atoms with Gasteiger partial charge >= 0.3 is 0 Å². The number of rotatable bonds is 2. The van der Waals surface area contributed by atoms with E-state index in [0.717, 1.165) is 4.90 Å². The molecule has 0 aliphatic carbocycles. The molecule has 0 amide bonds. The maximum Gasteiger partial charge on any atom is 0.200 e. The molecule has 0 saturated heterocycles. The number of benzene rings is 2. The van der Waals surface area contributed by atoms with Crippen molar-refractivity contribution in [3.05, 3.63) is 57.5 Å². The highest BCUT2D eigenvalue weighted by atomic mass is 35.5. The van der Waals surface area contributed by atoms with Gasteiger partial charge in [0.25, 0.3) is 0 Å². The lowest BCUT2D eigenvalue weighted by atomic mass is 10.1. The summed E-state index contributed by atoms with van der Waals surface area (Å²) in [6, 6.07) is 10.7. The Hall–Kier alpha value is -1.91. The topological polar surface area (TPSA) is 46.5 Å². The van der Waals surface area contributed by atoms with Crippen LogP contribution in [0.1, 0.15) is 15.9 Å². The number of carbonyl (C=O) groups is 1. The Balaban J connectivity index is 2.01. The van der Waals surface area contributed by atoms with Crippen molar-refractivity contribution in [1.82, 2.24) is 0 Å². The number of allylic oxidation sites excluding steroid dienone is 1. The summed E-state index contributed by atoms with van der Waals surface area (Å²) >= 11 is 7.39. The third-order valence-electron chi connectivity index (χ3n) is 3.14. The van der Waals surface area contributed by atoms with E-state index in [1.165, 1.54) is 18.9 Å². The summed E-state index contributed by atoms with van der Waals surface area (Å²) in [5.41, 5.74) is 1.42. The van der Waals surface area contributed by atoms with Gasteiger partial charge in [0, 0.05) is 10.5 Å². The van der Waals surface area contributed by atoms with Crippen LogP contribution >= 0.6 is 23.4 Å². The van der Waals surface area contributed by atoms with Crippen molar-refractivity contribution in [2.24, 2.45) is 0 Å². The Labute approximate surface area is 131 Å². The number of phenolic OH excluding ortho intramolecular Hbond substituents is 1. The average Bonchev–Trinajstić information content (AvgIpc) is 2.79.